The smallest absolute Gasteiger partial charge is 0.217 e. The number of hydrogen-bond acceptors (Lipinski definition) is 6. The molecule has 0 radical (unpaired) electrons. The first-order chi connectivity index (χ1) is 10.8. The first-order valence-corrected chi connectivity index (χ1v) is 7.50. The van der Waals surface area contributed by atoms with E-state index in [1.54, 1.807) is 24.3 Å². The largest absolute Gasteiger partial charge is 0.452 e. The summed E-state index contributed by atoms with van der Waals surface area (Å²) in [5, 5.41) is 9.90. The highest BCUT2D eigenvalue weighted by atomic mass is 16.7. The van der Waals surface area contributed by atoms with E-state index in [0.717, 1.165) is 12.8 Å². The van der Waals surface area contributed by atoms with Crippen molar-refractivity contribution in [2.45, 2.75) is 32.3 Å². The molecule has 3 heterocycles. The molecule has 1 aliphatic rings. The molecule has 0 aromatic carbocycles. The van der Waals surface area contributed by atoms with Crippen LogP contribution in [-0.4, -0.2) is 24.9 Å². The van der Waals surface area contributed by atoms with Gasteiger partial charge in [-0.15, -0.1) is 0 Å². The summed E-state index contributed by atoms with van der Waals surface area (Å²) in [5.41, 5.74) is 0. The Kier molecular flexibility index (Phi) is 4.94. The third-order valence-electron chi connectivity index (χ3n) is 3.37. The van der Waals surface area contributed by atoms with Gasteiger partial charge in [-0.3, -0.25) is 0 Å². The summed E-state index contributed by atoms with van der Waals surface area (Å²) in [5.74, 6) is 2.04. The molecule has 1 unspecified atom stereocenters. The standard InChI is InChI=1S/C16H20O6/c1-2-3-8-18-15(17)13-6-4-11(21-13)12-5-7-14(22-12)16-19-9-10-20-16/h4-7,15-17H,2-3,8-10H2,1H3. The molecule has 3 rings (SSSR count). The van der Waals surface area contributed by atoms with E-state index in [9.17, 15) is 5.11 Å². The average molecular weight is 308 g/mol. The molecule has 120 valence electrons. The molecule has 6 nitrogen and oxygen atoms in total. The Morgan fingerprint density at radius 3 is 2.64 bits per heavy atom. The van der Waals surface area contributed by atoms with Crippen molar-refractivity contribution in [1.82, 2.24) is 0 Å². The van der Waals surface area contributed by atoms with Gasteiger partial charge in [-0.1, -0.05) is 13.3 Å². The van der Waals surface area contributed by atoms with Gasteiger partial charge in [-0.2, -0.15) is 0 Å². The molecule has 6 heteroatoms. The summed E-state index contributed by atoms with van der Waals surface area (Å²) in [6, 6.07) is 6.99. The molecule has 1 N–H and O–H groups in total. The summed E-state index contributed by atoms with van der Waals surface area (Å²) in [6.07, 6.45) is 0.395. The molecular formula is C16H20O6. The molecule has 1 aliphatic heterocycles. The van der Waals surface area contributed by atoms with E-state index < -0.39 is 12.6 Å². The molecule has 1 atom stereocenters. The zero-order valence-electron chi connectivity index (χ0n) is 12.5. The van der Waals surface area contributed by atoms with Crippen molar-refractivity contribution in [2.24, 2.45) is 0 Å². The molecule has 1 saturated heterocycles. The highest BCUT2D eigenvalue weighted by Crippen LogP contribution is 2.31. The topological polar surface area (TPSA) is 74.2 Å². The van der Waals surface area contributed by atoms with Crippen LogP contribution in [0.15, 0.2) is 33.1 Å². The van der Waals surface area contributed by atoms with Crippen LogP contribution in [0.3, 0.4) is 0 Å². The molecule has 0 spiro atoms. The molecule has 2 aromatic rings. The fraction of sp³-hybridized carbons (Fsp3) is 0.500. The van der Waals surface area contributed by atoms with Gasteiger partial charge in [-0.25, -0.2) is 0 Å². The van der Waals surface area contributed by atoms with Crippen molar-refractivity contribution < 1.29 is 28.2 Å². The lowest BCUT2D eigenvalue weighted by Crippen LogP contribution is -2.03. The highest BCUT2D eigenvalue weighted by molar-refractivity contribution is 5.50. The van der Waals surface area contributed by atoms with E-state index in [1.807, 2.05) is 0 Å². The van der Waals surface area contributed by atoms with E-state index in [0.29, 0.717) is 42.9 Å². The lowest BCUT2D eigenvalue weighted by atomic mass is 10.3. The van der Waals surface area contributed by atoms with Crippen LogP contribution in [0.2, 0.25) is 0 Å². The number of aliphatic hydroxyl groups is 1. The van der Waals surface area contributed by atoms with Crippen molar-refractivity contribution in [2.75, 3.05) is 19.8 Å². The van der Waals surface area contributed by atoms with Crippen molar-refractivity contribution in [3.05, 3.63) is 35.8 Å². The van der Waals surface area contributed by atoms with Crippen LogP contribution in [0.1, 0.15) is 43.9 Å². The Morgan fingerprint density at radius 2 is 1.86 bits per heavy atom. The second-order valence-corrected chi connectivity index (χ2v) is 5.05. The second kappa shape index (κ2) is 7.11. The normalized spacial score (nSPS) is 17.2. The fourth-order valence-electron chi connectivity index (χ4n) is 2.17. The number of unbranched alkanes of at least 4 members (excludes halogenated alkanes) is 1. The zero-order chi connectivity index (χ0) is 15.4. The van der Waals surface area contributed by atoms with Gasteiger partial charge in [0, 0.05) is 0 Å². The maximum absolute atomic E-state index is 9.90. The monoisotopic (exact) mass is 308 g/mol. The summed E-state index contributed by atoms with van der Waals surface area (Å²) < 4.78 is 27.3. The maximum Gasteiger partial charge on any atom is 0.217 e. The number of hydrogen-bond donors (Lipinski definition) is 1. The predicted octanol–water partition coefficient (Wildman–Crippen LogP) is 3.39. The molecule has 0 aliphatic carbocycles. The number of ether oxygens (including phenoxy) is 3. The van der Waals surface area contributed by atoms with E-state index in [1.165, 1.54) is 0 Å². The summed E-state index contributed by atoms with van der Waals surface area (Å²) in [7, 11) is 0. The maximum atomic E-state index is 9.90. The Morgan fingerprint density at radius 1 is 1.14 bits per heavy atom. The van der Waals surface area contributed by atoms with Gasteiger partial charge < -0.3 is 28.2 Å². The first kappa shape index (κ1) is 15.3. The molecule has 1 fully saturated rings. The van der Waals surface area contributed by atoms with E-state index >= 15 is 0 Å². The van der Waals surface area contributed by atoms with Crippen molar-refractivity contribution in [1.29, 1.82) is 0 Å². The number of furan rings is 2. The van der Waals surface area contributed by atoms with Gasteiger partial charge in [0.15, 0.2) is 23.0 Å². The second-order valence-electron chi connectivity index (χ2n) is 5.05. The Hall–Kier alpha value is -1.60. The minimum absolute atomic E-state index is 0.359. The van der Waals surface area contributed by atoms with E-state index in [4.69, 9.17) is 23.0 Å². The summed E-state index contributed by atoms with van der Waals surface area (Å²) >= 11 is 0. The van der Waals surface area contributed by atoms with Crippen LogP contribution in [0.25, 0.3) is 11.5 Å². The summed E-state index contributed by atoms with van der Waals surface area (Å²) in [6.45, 7) is 3.68. The molecule has 0 saturated carbocycles. The molecule has 0 bridgehead atoms. The van der Waals surface area contributed by atoms with Crippen LogP contribution in [0, 0.1) is 0 Å². The third kappa shape index (κ3) is 3.41. The quantitative estimate of drug-likeness (QED) is 0.624. The SMILES string of the molecule is CCCCOC(O)c1ccc(-c2ccc(C3OCCO3)o2)o1. The minimum atomic E-state index is -1.06. The van der Waals surface area contributed by atoms with Crippen LogP contribution in [-0.2, 0) is 14.2 Å². The van der Waals surface area contributed by atoms with E-state index in [-0.39, 0.29) is 0 Å². The molecule has 0 amide bonds. The lowest BCUT2D eigenvalue weighted by Gasteiger charge is -2.08. The van der Waals surface area contributed by atoms with Crippen LogP contribution in [0.5, 0.6) is 0 Å². The number of aliphatic hydroxyl groups excluding tert-OH is 1. The van der Waals surface area contributed by atoms with E-state index in [2.05, 4.69) is 6.92 Å². The van der Waals surface area contributed by atoms with Crippen molar-refractivity contribution >= 4 is 0 Å². The number of rotatable bonds is 7. The van der Waals surface area contributed by atoms with Crippen LogP contribution >= 0.6 is 0 Å². The highest BCUT2D eigenvalue weighted by Gasteiger charge is 2.23. The van der Waals surface area contributed by atoms with Gasteiger partial charge in [0.2, 0.25) is 12.6 Å². The minimum Gasteiger partial charge on any atom is -0.452 e. The Bertz CT molecular complexity index is 581. The zero-order valence-corrected chi connectivity index (χ0v) is 12.5. The first-order valence-electron chi connectivity index (χ1n) is 7.50. The van der Waals surface area contributed by atoms with Crippen LogP contribution in [0.4, 0.5) is 0 Å². The van der Waals surface area contributed by atoms with Gasteiger partial charge in [0.25, 0.3) is 0 Å². The van der Waals surface area contributed by atoms with Gasteiger partial charge in [0.05, 0.1) is 19.8 Å². The lowest BCUT2D eigenvalue weighted by molar-refractivity contribution is -0.115. The Labute approximate surface area is 128 Å². The van der Waals surface area contributed by atoms with Crippen LogP contribution < -0.4 is 0 Å². The van der Waals surface area contributed by atoms with Gasteiger partial charge in [0.1, 0.15) is 0 Å². The van der Waals surface area contributed by atoms with Crippen molar-refractivity contribution in [3.8, 4) is 11.5 Å². The molecule has 2 aromatic heterocycles. The molecular weight excluding hydrogens is 288 g/mol. The third-order valence-corrected chi connectivity index (χ3v) is 3.37. The van der Waals surface area contributed by atoms with Gasteiger partial charge >= 0.3 is 0 Å². The Balaban J connectivity index is 1.65. The molecule has 22 heavy (non-hydrogen) atoms. The summed E-state index contributed by atoms with van der Waals surface area (Å²) in [4.78, 5) is 0. The fourth-order valence-corrected chi connectivity index (χ4v) is 2.17. The van der Waals surface area contributed by atoms with Gasteiger partial charge in [-0.05, 0) is 30.7 Å². The predicted molar refractivity (Wildman–Crippen MR) is 76.9 cm³/mol. The average Bonchev–Trinajstić information content (AvgIpc) is 3.26. The van der Waals surface area contributed by atoms with Crippen molar-refractivity contribution in [3.63, 3.8) is 0 Å².